The number of hydrogen-bond acceptors (Lipinski definition) is 2. The van der Waals surface area contributed by atoms with Crippen LogP contribution in [0.15, 0.2) is 59.3 Å². The highest BCUT2D eigenvalue weighted by molar-refractivity contribution is 7.14. The Morgan fingerprint density at radius 1 is 0.352 bits per heavy atom. The molecule has 2 heteroatoms. The van der Waals surface area contributed by atoms with Crippen LogP contribution >= 0.6 is 22.7 Å². The summed E-state index contributed by atoms with van der Waals surface area (Å²) < 4.78 is 0. The number of fused-ring (bicyclic) bond motifs is 7. The van der Waals surface area contributed by atoms with Crippen LogP contribution in [0, 0.1) is 0 Å². The third kappa shape index (κ3) is 11.3. The van der Waals surface area contributed by atoms with E-state index in [1.807, 2.05) is 22.7 Å². The van der Waals surface area contributed by atoms with Gasteiger partial charge in [0.2, 0.25) is 0 Å². The van der Waals surface area contributed by atoms with E-state index in [4.69, 9.17) is 0 Å². The van der Waals surface area contributed by atoms with Crippen molar-refractivity contribution in [3.05, 3.63) is 81.6 Å². The Hall–Kier alpha value is -2.42. The Bertz CT molecular complexity index is 1630. The highest BCUT2D eigenvalue weighted by atomic mass is 32.1. The molecule has 6 rings (SSSR count). The fourth-order valence-corrected chi connectivity index (χ4v) is 11.1. The summed E-state index contributed by atoms with van der Waals surface area (Å²) in [6.07, 6.45) is 44.3. The lowest BCUT2D eigenvalue weighted by Crippen LogP contribution is -1.87. The highest BCUT2D eigenvalue weighted by Crippen LogP contribution is 2.52. The normalized spacial score (nSPS) is 14.4. The molecule has 0 radical (unpaired) electrons. The van der Waals surface area contributed by atoms with Gasteiger partial charge in [-0.1, -0.05) is 180 Å². The molecule has 2 heterocycles. The molecule has 0 N–H and O–H groups in total. The first-order chi connectivity index (χ1) is 26.8. The van der Waals surface area contributed by atoms with Crippen LogP contribution in [0.1, 0.15) is 216 Å². The second-order valence-corrected chi connectivity index (χ2v) is 18.6. The molecule has 0 atom stereocenters. The number of rotatable bonds is 28. The molecule has 4 aromatic rings. The zero-order valence-electron chi connectivity index (χ0n) is 34.4. The van der Waals surface area contributed by atoms with Gasteiger partial charge in [-0.25, -0.2) is 0 Å². The van der Waals surface area contributed by atoms with Crippen LogP contribution in [0.5, 0.6) is 0 Å². The van der Waals surface area contributed by atoms with E-state index >= 15 is 0 Å². The first-order valence-electron chi connectivity index (χ1n) is 23.0. The van der Waals surface area contributed by atoms with Crippen molar-refractivity contribution < 1.29 is 0 Å². The average Bonchev–Trinajstić information content (AvgIpc) is 3.97. The first-order valence-corrected chi connectivity index (χ1v) is 24.8. The van der Waals surface area contributed by atoms with Crippen LogP contribution < -0.4 is 0 Å². The van der Waals surface area contributed by atoms with Crippen LogP contribution in [-0.2, 0) is 0 Å². The van der Waals surface area contributed by atoms with Crippen molar-refractivity contribution in [3.8, 4) is 20.9 Å². The molecule has 0 saturated heterocycles. The molecule has 2 aliphatic rings. The molecule has 0 bridgehead atoms. The molecule has 0 amide bonds. The van der Waals surface area contributed by atoms with Crippen LogP contribution in [0.4, 0.5) is 0 Å². The van der Waals surface area contributed by atoms with E-state index in [2.05, 4.69) is 73.2 Å². The van der Waals surface area contributed by atoms with Gasteiger partial charge in [0.25, 0.3) is 0 Å². The third-order valence-electron chi connectivity index (χ3n) is 12.4. The van der Waals surface area contributed by atoms with E-state index in [-0.39, 0.29) is 0 Å². The maximum absolute atomic E-state index is 2.57. The van der Waals surface area contributed by atoms with E-state index in [1.54, 1.807) is 0 Å². The van der Waals surface area contributed by atoms with Crippen molar-refractivity contribution in [1.29, 1.82) is 0 Å². The van der Waals surface area contributed by atoms with Crippen molar-refractivity contribution in [2.24, 2.45) is 0 Å². The molecule has 2 aromatic heterocycles. The van der Waals surface area contributed by atoms with E-state index < -0.39 is 0 Å². The molecular weight excluding hydrogens is 689 g/mol. The van der Waals surface area contributed by atoms with Gasteiger partial charge in [0.05, 0.1) is 0 Å². The largest absolute Gasteiger partial charge is 0.143 e. The van der Waals surface area contributed by atoms with Gasteiger partial charge in [0, 0.05) is 32.0 Å². The van der Waals surface area contributed by atoms with Crippen molar-refractivity contribution in [1.82, 2.24) is 0 Å². The van der Waals surface area contributed by atoms with Crippen molar-refractivity contribution in [3.63, 3.8) is 0 Å². The Balaban J connectivity index is 0.988. The molecule has 292 valence electrons. The Morgan fingerprint density at radius 3 is 0.981 bits per heavy atom. The number of allylic oxidation sites excluding steroid dienone is 2. The SMILES string of the molecule is CCCCCCCCCCCCCCC/C=C1\c2cc3cc4c(cc3cc2-c2sccc21)/C(=C\CCCCCCCCCCCCCCC)c1ccsc1-4. The van der Waals surface area contributed by atoms with Crippen molar-refractivity contribution in [2.75, 3.05) is 0 Å². The highest BCUT2D eigenvalue weighted by Gasteiger charge is 2.28. The lowest BCUT2D eigenvalue weighted by molar-refractivity contribution is 0.540. The molecule has 0 spiro atoms. The van der Waals surface area contributed by atoms with E-state index in [9.17, 15) is 0 Å². The van der Waals surface area contributed by atoms with Crippen LogP contribution in [-0.4, -0.2) is 0 Å². The van der Waals surface area contributed by atoms with Crippen molar-refractivity contribution in [2.45, 2.75) is 194 Å². The lowest BCUT2D eigenvalue weighted by atomic mass is 9.94. The minimum atomic E-state index is 1.19. The molecular formula is C52H72S2. The van der Waals surface area contributed by atoms with Gasteiger partial charge in [0.15, 0.2) is 0 Å². The van der Waals surface area contributed by atoms with Crippen LogP contribution in [0.3, 0.4) is 0 Å². The van der Waals surface area contributed by atoms with Gasteiger partial charge in [-0.3, -0.25) is 0 Å². The molecule has 0 fully saturated rings. The summed E-state index contributed by atoms with van der Waals surface area (Å²) in [5.74, 6) is 0. The topological polar surface area (TPSA) is 0 Å². The van der Waals surface area contributed by atoms with Crippen LogP contribution in [0.25, 0.3) is 42.8 Å². The van der Waals surface area contributed by atoms with Gasteiger partial charge in [-0.15, -0.1) is 22.7 Å². The second kappa shape index (κ2) is 23.0. The molecule has 0 saturated carbocycles. The third-order valence-corrected chi connectivity index (χ3v) is 14.3. The standard InChI is InChI=1S/C52H72S2/c1-3-5-7-9-11-13-15-17-19-21-23-25-27-29-31-43-45-33-35-53-51(45)49-39-42-38-48-44(46-34-36-54-52(46)50(48)40-41(42)37-47(43)49)32-30-28-26-24-22-20-18-16-14-12-10-8-6-4-2/h31-40H,3-30H2,1-2H3/b43-31-,44-32-. The fraction of sp³-hybridized carbons (Fsp3) is 0.577. The van der Waals surface area contributed by atoms with Gasteiger partial charge >= 0.3 is 0 Å². The first kappa shape index (κ1) is 41.2. The maximum Gasteiger partial charge on any atom is 0.0427 e. The van der Waals surface area contributed by atoms with E-state index in [1.165, 1.54) is 245 Å². The molecule has 0 nitrogen and oxygen atoms in total. The maximum atomic E-state index is 2.57. The molecule has 54 heavy (non-hydrogen) atoms. The van der Waals surface area contributed by atoms with Gasteiger partial charge in [-0.2, -0.15) is 0 Å². The summed E-state index contributed by atoms with van der Waals surface area (Å²) in [5, 5.41) is 7.39. The molecule has 2 aliphatic carbocycles. The molecule has 2 aromatic carbocycles. The van der Waals surface area contributed by atoms with Crippen LogP contribution in [0.2, 0.25) is 0 Å². The summed E-state index contributed by atoms with van der Waals surface area (Å²) in [5.41, 5.74) is 11.7. The Labute approximate surface area is 339 Å². The molecule has 0 unspecified atom stereocenters. The summed E-state index contributed by atoms with van der Waals surface area (Å²) in [4.78, 5) is 2.95. The minimum absolute atomic E-state index is 1.19. The van der Waals surface area contributed by atoms with Crippen molar-refractivity contribution >= 4 is 44.6 Å². The zero-order chi connectivity index (χ0) is 37.2. The average molecular weight is 761 g/mol. The summed E-state index contributed by atoms with van der Waals surface area (Å²) in [7, 11) is 0. The van der Waals surface area contributed by atoms with Gasteiger partial charge < -0.3 is 0 Å². The van der Waals surface area contributed by atoms with E-state index in [0.717, 1.165) is 0 Å². The second-order valence-electron chi connectivity index (χ2n) is 16.8. The zero-order valence-corrected chi connectivity index (χ0v) is 36.0. The molecule has 0 aliphatic heterocycles. The quantitative estimate of drug-likeness (QED) is 0.0437. The summed E-state index contributed by atoms with van der Waals surface area (Å²) in [6.45, 7) is 4.62. The van der Waals surface area contributed by atoms with Gasteiger partial charge in [0.1, 0.15) is 0 Å². The minimum Gasteiger partial charge on any atom is -0.143 e. The number of unbranched alkanes of at least 4 members (excludes halogenated alkanes) is 26. The number of benzene rings is 2. The Morgan fingerprint density at radius 2 is 0.648 bits per heavy atom. The monoisotopic (exact) mass is 761 g/mol. The lowest BCUT2D eigenvalue weighted by Gasteiger charge is -2.10. The summed E-state index contributed by atoms with van der Waals surface area (Å²) in [6, 6.07) is 14.8. The van der Waals surface area contributed by atoms with E-state index in [0.29, 0.717) is 0 Å². The smallest absolute Gasteiger partial charge is 0.0427 e. The predicted molar refractivity (Wildman–Crippen MR) is 245 cm³/mol. The predicted octanol–water partition coefficient (Wildman–Crippen LogP) is 18.7. The fourth-order valence-electron chi connectivity index (χ4n) is 9.18. The number of thiophene rings is 2. The van der Waals surface area contributed by atoms with Gasteiger partial charge in [-0.05, 0) is 106 Å². The Kier molecular flexibility index (Phi) is 17.5. The summed E-state index contributed by atoms with van der Waals surface area (Å²) >= 11 is 3.85. The number of hydrogen-bond donors (Lipinski definition) is 0.